The SMILES string of the molecule is CCSc1ccc(-c2cc(C(F)(F)F)ccc2OCCO)cc1. The Kier molecular flexibility index (Phi) is 5.96. The molecule has 1 N–H and O–H groups in total. The molecule has 0 aromatic heterocycles. The van der Waals surface area contributed by atoms with Gasteiger partial charge in [0, 0.05) is 10.5 Å². The molecule has 0 saturated carbocycles. The van der Waals surface area contributed by atoms with Crippen molar-refractivity contribution in [3.8, 4) is 16.9 Å². The summed E-state index contributed by atoms with van der Waals surface area (Å²) in [6.07, 6.45) is -4.41. The quantitative estimate of drug-likeness (QED) is 0.761. The number of halogens is 3. The Bertz CT molecular complexity index is 639. The molecule has 0 heterocycles. The first kappa shape index (κ1) is 17.7. The van der Waals surface area contributed by atoms with Gasteiger partial charge >= 0.3 is 6.18 Å². The zero-order valence-electron chi connectivity index (χ0n) is 12.6. The van der Waals surface area contributed by atoms with Crippen LogP contribution in [0.15, 0.2) is 47.4 Å². The number of aliphatic hydroxyl groups excluding tert-OH is 1. The molecule has 2 rings (SSSR count). The number of thioether (sulfide) groups is 1. The van der Waals surface area contributed by atoms with E-state index in [1.165, 1.54) is 6.07 Å². The molecule has 124 valence electrons. The molecule has 0 amide bonds. The third kappa shape index (κ3) is 4.65. The van der Waals surface area contributed by atoms with E-state index in [4.69, 9.17) is 9.84 Å². The second kappa shape index (κ2) is 7.75. The smallest absolute Gasteiger partial charge is 0.416 e. The van der Waals surface area contributed by atoms with Crippen molar-refractivity contribution in [1.29, 1.82) is 0 Å². The minimum absolute atomic E-state index is 0.0299. The zero-order valence-corrected chi connectivity index (χ0v) is 13.4. The van der Waals surface area contributed by atoms with Crippen molar-refractivity contribution in [2.45, 2.75) is 18.0 Å². The third-order valence-electron chi connectivity index (χ3n) is 3.13. The topological polar surface area (TPSA) is 29.5 Å². The lowest BCUT2D eigenvalue weighted by atomic mass is 10.0. The second-order valence-electron chi connectivity index (χ2n) is 4.74. The van der Waals surface area contributed by atoms with Gasteiger partial charge in [-0.1, -0.05) is 19.1 Å². The van der Waals surface area contributed by atoms with Crippen LogP contribution in [0.5, 0.6) is 5.75 Å². The average molecular weight is 342 g/mol. The van der Waals surface area contributed by atoms with Crippen LogP contribution in [0.1, 0.15) is 12.5 Å². The molecule has 0 spiro atoms. The molecule has 0 atom stereocenters. The summed E-state index contributed by atoms with van der Waals surface area (Å²) in [7, 11) is 0. The van der Waals surface area contributed by atoms with Crippen LogP contribution in [0, 0.1) is 0 Å². The van der Waals surface area contributed by atoms with Gasteiger partial charge < -0.3 is 9.84 Å². The average Bonchev–Trinajstić information content (AvgIpc) is 2.53. The zero-order chi connectivity index (χ0) is 16.9. The van der Waals surface area contributed by atoms with Crippen LogP contribution in [0.3, 0.4) is 0 Å². The predicted octanol–water partition coefficient (Wildman–Crippen LogP) is 4.86. The normalized spacial score (nSPS) is 11.5. The van der Waals surface area contributed by atoms with Gasteiger partial charge in [-0.15, -0.1) is 11.8 Å². The van der Waals surface area contributed by atoms with Crippen molar-refractivity contribution in [3.05, 3.63) is 48.0 Å². The van der Waals surface area contributed by atoms with E-state index < -0.39 is 11.7 Å². The van der Waals surface area contributed by atoms with Gasteiger partial charge in [0.15, 0.2) is 0 Å². The highest BCUT2D eigenvalue weighted by Crippen LogP contribution is 2.37. The largest absolute Gasteiger partial charge is 0.491 e. The summed E-state index contributed by atoms with van der Waals surface area (Å²) in [5, 5.41) is 8.86. The number of alkyl halides is 3. The van der Waals surface area contributed by atoms with Crippen LogP contribution < -0.4 is 4.74 Å². The van der Waals surface area contributed by atoms with E-state index in [2.05, 4.69) is 0 Å². The molecule has 0 unspecified atom stereocenters. The Morgan fingerprint density at radius 3 is 2.35 bits per heavy atom. The minimum atomic E-state index is -4.41. The van der Waals surface area contributed by atoms with Crippen LogP contribution in [-0.2, 0) is 6.18 Å². The first-order valence-corrected chi connectivity index (χ1v) is 8.12. The van der Waals surface area contributed by atoms with Gasteiger partial charge in [0.25, 0.3) is 0 Å². The van der Waals surface area contributed by atoms with E-state index >= 15 is 0 Å². The lowest BCUT2D eigenvalue weighted by Gasteiger charge is -2.14. The molecule has 23 heavy (non-hydrogen) atoms. The second-order valence-corrected chi connectivity index (χ2v) is 6.08. The lowest BCUT2D eigenvalue weighted by molar-refractivity contribution is -0.137. The van der Waals surface area contributed by atoms with E-state index in [0.29, 0.717) is 16.9 Å². The first-order chi connectivity index (χ1) is 11.0. The maximum absolute atomic E-state index is 12.9. The molecule has 0 aliphatic rings. The number of aliphatic hydroxyl groups is 1. The van der Waals surface area contributed by atoms with Gasteiger partial charge in [-0.25, -0.2) is 0 Å². The fraction of sp³-hybridized carbons (Fsp3) is 0.294. The van der Waals surface area contributed by atoms with Crippen LogP contribution in [-0.4, -0.2) is 24.1 Å². The predicted molar refractivity (Wildman–Crippen MR) is 85.9 cm³/mol. The third-order valence-corrected chi connectivity index (χ3v) is 4.03. The molecule has 2 aromatic carbocycles. The Labute approximate surface area is 137 Å². The van der Waals surface area contributed by atoms with Gasteiger partial charge in [-0.2, -0.15) is 13.2 Å². The van der Waals surface area contributed by atoms with Crippen LogP contribution in [0.4, 0.5) is 13.2 Å². The Morgan fingerprint density at radius 2 is 1.78 bits per heavy atom. The van der Waals surface area contributed by atoms with Gasteiger partial charge in [0.1, 0.15) is 12.4 Å². The van der Waals surface area contributed by atoms with Crippen LogP contribution in [0.2, 0.25) is 0 Å². The summed E-state index contributed by atoms with van der Waals surface area (Å²) >= 11 is 1.66. The molecule has 0 bridgehead atoms. The molecule has 6 heteroatoms. The maximum atomic E-state index is 12.9. The number of ether oxygens (including phenoxy) is 1. The number of benzene rings is 2. The van der Waals surface area contributed by atoms with Gasteiger partial charge in [0.2, 0.25) is 0 Å². The molecule has 0 radical (unpaired) electrons. The van der Waals surface area contributed by atoms with E-state index in [1.54, 1.807) is 23.9 Å². The van der Waals surface area contributed by atoms with Gasteiger partial charge in [-0.3, -0.25) is 0 Å². The lowest BCUT2D eigenvalue weighted by Crippen LogP contribution is -2.07. The summed E-state index contributed by atoms with van der Waals surface area (Å²) in [4.78, 5) is 1.06. The van der Waals surface area contributed by atoms with Crippen molar-refractivity contribution in [2.24, 2.45) is 0 Å². The summed E-state index contributed by atoms with van der Waals surface area (Å²) in [5.41, 5.74) is 0.279. The van der Waals surface area contributed by atoms with Crippen molar-refractivity contribution >= 4 is 11.8 Å². The molecule has 0 fully saturated rings. The van der Waals surface area contributed by atoms with Crippen molar-refractivity contribution < 1.29 is 23.0 Å². The molecular weight excluding hydrogens is 325 g/mol. The minimum Gasteiger partial charge on any atom is -0.491 e. The van der Waals surface area contributed by atoms with Crippen molar-refractivity contribution in [2.75, 3.05) is 19.0 Å². The highest BCUT2D eigenvalue weighted by atomic mass is 32.2. The fourth-order valence-electron chi connectivity index (χ4n) is 2.11. The highest BCUT2D eigenvalue weighted by molar-refractivity contribution is 7.99. The molecular formula is C17H17F3O2S. The monoisotopic (exact) mass is 342 g/mol. The number of hydrogen-bond acceptors (Lipinski definition) is 3. The number of rotatable bonds is 6. The first-order valence-electron chi connectivity index (χ1n) is 7.14. The van der Waals surface area contributed by atoms with Crippen molar-refractivity contribution in [1.82, 2.24) is 0 Å². The summed E-state index contributed by atoms with van der Waals surface area (Å²) in [6, 6.07) is 10.7. The van der Waals surface area contributed by atoms with Gasteiger partial charge in [-0.05, 0) is 41.6 Å². The van der Waals surface area contributed by atoms with E-state index in [1.807, 2.05) is 19.1 Å². The maximum Gasteiger partial charge on any atom is 0.416 e. The molecule has 2 aromatic rings. The Hall–Kier alpha value is -1.66. The Balaban J connectivity index is 2.43. The molecule has 0 aliphatic heterocycles. The van der Waals surface area contributed by atoms with Gasteiger partial charge in [0.05, 0.1) is 12.2 Å². The standard InChI is InChI=1S/C17H17F3O2S/c1-2-23-14-6-3-12(4-7-14)15-11-13(17(18,19)20)5-8-16(15)22-10-9-21/h3-8,11,21H,2,9-10H2,1H3. The molecule has 2 nitrogen and oxygen atoms in total. The highest BCUT2D eigenvalue weighted by Gasteiger charge is 2.31. The molecule has 0 saturated heterocycles. The number of hydrogen-bond donors (Lipinski definition) is 1. The van der Waals surface area contributed by atoms with Crippen molar-refractivity contribution in [3.63, 3.8) is 0 Å². The molecule has 0 aliphatic carbocycles. The summed E-state index contributed by atoms with van der Waals surface area (Å²) in [6.45, 7) is 1.86. The van der Waals surface area contributed by atoms with E-state index in [0.717, 1.165) is 22.8 Å². The fourth-order valence-corrected chi connectivity index (χ4v) is 2.77. The Morgan fingerprint density at radius 1 is 1.09 bits per heavy atom. The summed E-state index contributed by atoms with van der Waals surface area (Å²) in [5.74, 6) is 1.25. The van der Waals surface area contributed by atoms with Crippen LogP contribution >= 0.6 is 11.8 Å². The van der Waals surface area contributed by atoms with Crippen LogP contribution in [0.25, 0.3) is 11.1 Å². The van der Waals surface area contributed by atoms with E-state index in [9.17, 15) is 13.2 Å². The summed E-state index contributed by atoms with van der Waals surface area (Å²) < 4.78 is 44.2. The van der Waals surface area contributed by atoms with E-state index in [-0.39, 0.29) is 13.2 Å².